The van der Waals surface area contributed by atoms with Crippen LogP contribution in [0.2, 0.25) is 0 Å². The number of allylic oxidation sites excluding steroid dienone is 2. The quantitative estimate of drug-likeness (QED) is 0.701. The zero-order chi connectivity index (χ0) is 11.8. The molecular weight excluding hydrogens is 234 g/mol. The maximum absolute atomic E-state index is 6.20. The number of benzene rings is 1. The van der Waals surface area contributed by atoms with Crippen molar-refractivity contribution in [2.45, 2.75) is 6.92 Å². The van der Waals surface area contributed by atoms with Gasteiger partial charge in [-0.2, -0.15) is 0 Å². The Bertz CT molecular complexity index is 591. The van der Waals surface area contributed by atoms with E-state index < -0.39 is 0 Å². The highest BCUT2D eigenvalue weighted by Gasteiger charge is 2.18. The molecule has 1 aromatic carbocycles. The van der Waals surface area contributed by atoms with E-state index in [1.165, 1.54) is 0 Å². The third-order valence-electron chi connectivity index (χ3n) is 2.91. The second-order valence-corrected chi connectivity index (χ2v) is 4.54. The molecule has 17 heavy (non-hydrogen) atoms. The average molecular weight is 246 g/mol. The van der Waals surface area contributed by atoms with Crippen molar-refractivity contribution in [3.05, 3.63) is 53.8 Å². The van der Waals surface area contributed by atoms with E-state index in [0.717, 1.165) is 28.0 Å². The SMILES string of the molecule is CC1=C(c2cc3ccccc3o2)N(Cl)CC=C1. The molecule has 0 atom stereocenters. The molecule has 2 aromatic rings. The first kappa shape index (κ1) is 10.5. The minimum absolute atomic E-state index is 0.700. The van der Waals surface area contributed by atoms with Crippen molar-refractivity contribution < 1.29 is 4.42 Å². The van der Waals surface area contributed by atoms with Gasteiger partial charge in [-0.1, -0.05) is 30.4 Å². The molecule has 0 bridgehead atoms. The summed E-state index contributed by atoms with van der Waals surface area (Å²) in [5, 5.41) is 1.10. The minimum atomic E-state index is 0.700. The molecule has 2 heterocycles. The molecule has 0 saturated carbocycles. The third-order valence-corrected chi connectivity index (χ3v) is 3.22. The summed E-state index contributed by atoms with van der Waals surface area (Å²) in [6.07, 6.45) is 4.11. The normalized spacial score (nSPS) is 16.0. The summed E-state index contributed by atoms with van der Waals surface area (Å²) in [6.45, 7) is 2.73. The molecular formula is C14H12ClNO. The van der Waals surface area contributed by atoms with Crippen molar-refractivity contribution in [1.82, 2.24) is 4.42 Å². The Hall–Kier alpha value is -1.67. The zero-order valence-corrected chi connectivity index (χ0v) is 10.2. The van der Waals surface area contributed by atoms with Gasteiger partial charge in [0, 0.05) is 17.2 Å². The largest absolute Gasteiger partial charge is 0.454 e. The predicted molar refractivity (Wildman–Crippen MR) is 70.5 cm³/mol. The number of hydrogen-bond acceptors (Lipinski definition) is 2. The molecule has 1 aliphatic rings. The highest BCUT2D eigenvalue weighted by molar-refractivity contribution is 6.18. The predicted octanol–water partition coefficient (Wildman–Crippen LogP) is 4.19. The van der Waals surface area contributed by atoms with Crippen LogP contribution in [-0.4, -0.2) is 11.0 Å². The molecule has 0 unspecified atom stereocenters. The van der Waals surface area contributed by atoms with Crippen molar-refractivity contribution in [1.29, 1.82) is 0 Å². The first-order valence-corrected chi connectivity index (χ1v) is 5.89. The van der Waals surface area contributed by atoms with E-state index in [1.807, 2.05) is 43.3 Å². The minimum Gasteiger partial charge on any atom is -0.454 e. The molecule has 0 amide bonds. The molecule has 86 valence electrons. The highest BCUT2D eigenvalue weighted by Crippen LogP contribution is 2.32. The van der Waals surface area contributed by atoms with Gasteiger partial charge in [-0.3, -0.25) is 4.42 Å². The summed E-state index contributed by atoms with van der Waals surface area (Å²) in [5.74, 6) is 0.822. The highest BCUT2D eigenvalue weighted by atomic mass is 35.5. The van der Waals surface area contributed by atoms with Gasteiger partial charge in [0.1, 0.15) is 5.58 Å². The lowest BCUT2D eigenvalue weighted by molar-refractivity contribution is 0.566. The Balaban J connectivity index is 2.17. The first-order chi connectivity index (χ1) is 8.25. The van der Waals surface area contributed by atoms with Crippen LogP contribution in [0.4, 0.5) is 0 Å². The van der Waals surface area contributed by atoms with Crippen molar-refractivity contribution in [2.75, 3.05) is 6.54 Å². The van der Waals surface area contributed by atoms with Crippen LogP contribution in [0.1, 0.15) is 12.7 Å². The summed E-state index contributed by atoms with van der Waals surface area (Å²) in [4.78, 5) is 0. The summed E-state index contributed by atoms with van der Waals surface area (Å²) in [7, 11) is 0. The number of hydrogen-bond donors (Lipinski definition) is 0. The standard InChI is InChI=1S/C14H12ClNO/c1-10-5-4-8-16(15)14(10)13-9-11-6-2-3-7-12(11)17-13/h2-7,9H,8H2,1H3. The lowest BCUT2D eigenvalue weighted by Crippen LogP contribution is -2.14. The van der Waals surface area contributed by atoms with E-state index in [2.05, 4.69) is 6.08 Å². The van der Waals surface area contributed by atoms with Gasteiger partial charge >= 0.3 is 0 Å². The summed E-state index contributed by atoms with van der Waals surface area (Å²) < 4.78 is 7.52. The fourth-order valence-electron chi connectivity index (χ4n) is 2.10. The average Bonchev–Trinajstić information content (AvgIpc) is 2.71. The molecule has 0 spiro atoms. The van der Waals surface area contributed by atoms with Crippen LogP contribution in [0, 0.1) is 0 Å². The number of para-hydroxylation sites is 1. The Labute approximate surface area is 105 Å². The van der Waals surface area contributed by atoms with E-state index in [4.69, 9.17) is 16.2 Å². The molecule has 0 aliphatic carbocycles. The van der Waals surface area contributed by atoms with E-state index in [1.54, 1.807) is 4.42 Å². The molecule has 2 nitrogen and oxygen atoms in total. The molecule has 3 rings (SSSR count). The van der Waals surface area contributed by atoms with Crippen molar-refractivity contribution in [3.8, 4) is 0 Å². The van der Waals surface area contributed by atoms with Crippen molar-refractivity contribution in [3.63, 3.8) is 0 Å². The monoisotopic (exact) mass is 245 g/mol. The number of halogens is 1. The zero-order valence-electron chi connectivity index (χ0n) is 9.48. The van der Waals surface area contributed by atoms with Gasteiger partial charge < -0.3 is 4.42 Å². The van der Waals surface area contributed by atoms with Gasteiger partial charge in [0.2, 0.25) is 0 Å². The molecule has 3 heteroatoms. The maximum Gasteiger partial charge on any atom is 0.153 e. The lowest BCUT2D eigenvalue weighted by Gasteiger charge is -2.21. The lowest BCUT2D eigenvalue weighted by atomic mass is 10.1. The first-order valence-electron chi connectivity index (χ1n) is 5.55. The Morgan fingerprint density at radius 1 is 1.29 bits per heavy atom. The van der Waals surface area contributed by atoms with Crippen molar-refractivity contribution >= 4 is 28.4 Å². The molecule has 1 aliphatic heterocycles. The topological polar surface area (TPSA) is 16.4 Å². The van der Waals surface area contributed by atoms with Crippen LogP contribution in [0.25, 0.3) is 16.7 Å². The molecule has 1 aromatic heterocycles. The van der Waals surface area contributed by atoms with Crippen LogP contribution in [0.3, 0.4) is 0 Å². The van der Waals surface area contributed by atoms with Crippen LogP contribution >= 0.6 is 11.8 Å². The van der Waals surface area contributed by atoms with Crippen molar-refractivity contribution in [2.24, 2.45) is 0 Å². The molecule has 0 N–H and O–H groups in total. The maximum atomic E-state index is 6.20. The van der Waals surface area contributed by atoms with Gasteiger partial charge in [0.05, 0.1) is 12.2 Å². The number of furan rings is 1. The second kappa shape index (κ2) is 3.97. The van der Waals surface area contributed by atoms with Crippen LogP contribution in [0.5, 0.6) is 0 Å². The number of rotatable bonds is 1. The Morgan fingerprint density at radius 3 is 2.88 bits per heavy atom. The van der Waals surface area contributed by atoms with Crippen LogP contribution in [0.15, 0.2) is 52.5 Å². The fourth-order valence-corrected chi connectivity index (χ4v) is 2.39. The smallest absolute Gasteiger partial charge is 0.153 e. The van der Waals surface area contributed by atoms with Crippen LogP contribution in [-0.2, 0) is 0 Å². The summed E-state index contributed by atoms with van der Waals surface area (Å²) in [5.41, 5.74) is 2.96. The van der Waals surface area contributed by atoms with E-state index in [0.29, 0.717) is 6.54 Å². The van der Waals surface area contributed by atoms with E-state index >= 15 is 0 Å². The molecule has 0 saturated heterocycles. The summed E-state index contributed by atoms with van der Waals surface area (Å²) in [6, 6.07) is 10.0. The molecule has 0 fully saturated rings. The summed E-state index contributed by atoms with van der Waals surface area (Å²) >= 11 is 6.20. The van der Waals surface area contributed by atoms with Gasteiger partial charge in [0.15, 0.2) is 5.76 Å². The van der Waals surface area contributed by atoms with E-state index in [9.17, 15) is 0 Å². The van der Waals surface area contributed by atoms with Gasteiger partial charge in [-0.05, 0) is 24.6 Å². The molecule has 0 radical (unpaired) electrons. The fraction of sp³-hybridized carbons (Fsp3) is 0.143. The third kappa shape index (κ3) is 1.75. The van der Waals surface area contributed by atoms with Gasteiger partial charge in [-0.15, -0.1) is 0 Å². The number of fused-ring (bicyclic) bond motifs is 1. The second-order valence-electron chi connectivity index (χ2n) is 4.13. The van der Waals surface area contributed by atoms with Gasteiger partial charge in [0.25, 0.3) is 0 Å². The van der Waals surface area contributed by atoms with Crippen LogP contribution < -0.4 is 0 Å². The number of nitrogens with zero attached hydrogens (tertiary/aromatic N) is 1. The Morgan fingerprint density at radius 2 is 2.12 bits per heavy atom. The van der Waals surface area contributed by atoms with E-state index in [-0.39, 0.29) is 0 Å². The van der Waals surface area contributed by atoms with Gasteiger partial charge in [-0.25, -0.2) is 0 Å². The Kier molecular flexibility index (Phi) is 2.45.